The molecule has 0 bridgehead atoms. The normalized spacial score (nSPS) is 15.2. The summed E-state index contributed by atoms with van der Waals surface area (Å²) in [6.07, 6.45) is 4.81. The molecule has 4 rings (SSSR count). The zero-order chi connectivity index (χ0) is 21.8. The number of benzene rings is 2. The number of piperidine rings is 1. The molecule has 5 nitrogen and oxygen atoms in total. The Morgan fingerprint density at radius 3 is 2.42 bits per heavy atom. The van der Waals surface area contributed by atoms with Gasteiger partial charge in [0.25, 0.3) is 0 Å². The molecule has 1 aliphatic rings. The lowest BCUT2D eigenvalue weighted by atomic mass is 10.1. The van der Waals surface area contributed by atoms with Crippen LogP contribution in [0.2, 0.25) is 5.02 Å². The molecule has 31 heavy (non-hydrogen) atoms. The molecule has 2 aromatic carbocycles. The molecule has 3 aromatic rings. The van der Waals surface area contributed by atoms with Crippen LogP contribution < -0.4 is 10.2 Å². The van der Waals surface area contributed by atoms with Gasteiger partial charge in [0.05, 0.1) is 17.6 Å². The number of nitrogens with zero attached hydrogens (tertiary/aromatic N) is 3. The number of halogens is 1. The molecule has 2 heterocycles. The van der Waals surface area contributed by atoms with E-state index in [1.54, 1.807) is 6.07 Å². The maximum Gasteiger partial charge on any atom is 0.197 e. The van der Waals surface area contributed by atoms with E-state index in [9.17, 15) is 4.79 Å². The lowest BCUT2D eigenvalue weighted by Gasteiger charge is -2.27. The number of aromatic nitrogens is 1. The molecule has 1 saturated heterocycles. The van der Waals surface area contributed by atoms with Crippen molar-refractivity contribution >= 4 is 33.4 Å². The van der Waals surface area contributed by atoms with E-state index in [0.717, 1.165) is 66.7 Å². The minimum Gasteiger partial charge on any atom is -0.493 e. The molecule has 0 N–H and O–H groups in total. The van der Waals surface area contributed by atoms with Gasteiger partial charge in [-0.15, -0.1) is 0 Å². The number of fused-ring (bicyclic) bond motifs is 2. The fourth-order valence-electron chi connectivity index (χ4n) is 4.45. The molecule has 1 aromatic heterocycles. The van der Waals surface area contributed by atoms with Gasteiger partial charge in [0.15, 0.2) is 5.43 Å². The Hall–Kier alpha value is -2.08. The molecule has 166 valence electrons. The highest BCUT2D eigenvalue weighted by Crippen LogP contribution is 2.26. The molecule has 0 atom stereocenters. The number of likely N-dealkylation sites (tertiary alicyclic amines) is 1. The summed E-state index contributed by atoms with van der Waals surface area (Å²) >= 11 is 6.33. The molecule has 0 amide bonds. The molecule has 0 saturated carbocycles. The van der Waals surface area contributed by atoms with Gasteiger partial charge in [-0.25, -0.2) is 0 Å². The van der Waals surface area contributed by atoms with Crippen molar-refractivity contribution in [3.8, 4) is 5.75 Å². The van der Waals surface area contributed by atoms with Crippen molar-refractivity contribution in [3.63, 3.8) is 0 Å². The van der Waals surface area contributed by atoms with Gasteiger partial charge >= 0.3 is 0 Å². The first-order chi connectivity index (χ1) is 15.0. The molecule has 1 fully saturated rings. The van der Waals surface area contributed by atoms with Crippen LogP contribution in [-0.2, 0) is 6.54 Å². The Morgan fingerprint density at radius 2 is 1.68 bits per heavy atom. The maximum atomic E-state index is 13.2. The van der Waals surface area contributed by atoms with E-state index in [1.807, 2.05) is 30.3 Å². The van der Waals surface area contributed by atoms with Crippen LogP contribution in [0, 0.1) is 0 Å². The summed E-state index contributed by atoms with van der Waals surface area (Å²) in [6, 6.07) is 11.4. The minimum atomic E-state index is 0.0510. The Bertz CT molecular complexity index is 1100. The van der Waals surface area contributed by atoms with E-state index >= 15 is 0 Å². The number of hydrogen-bond acceptors (Lipinski definition) is 4. The van der Waals surface area contributed by atoms with Crippen LogP contribution in [0.15, 0.2) is 41.2 Å². The van der Waals surface area contributed by atoms with Crippen molar-refractivity contribution in [2.45, 2.75) is 32.2 Å². The molecule has 6 heteroatoms. The Labute approximate surface area is 189 Å². The fraction of sp³-hybridized carbons (Fsp3) is 0.480. The van der Waals surface area contributed by atoms with Gasteiger partial charge in [-0.05, 0) is 76.8 Å². The Balaban J connectivity index is 1.71. The first-order valence-corrected chi connectivity index (χ1v) is 11.7. The van der Waals surface area contributed by atoms with E-state index in [-0.39, 0.29) is 5.43 Å². The lowest BCUT2D eigenvalue weighted by molar-refractivity contribution is 0.222. The van der Waals surface area contributed by atoms with Crippen molar-refractivity contribution in [2.24, 2.45) is 0 Å². The van der Waals surface area contributed by atoms with Crippen molar-refractivity contribution in [2.75, 3.05) is 46.9 Å². The van der Waals surface area contributed by atoms with Crippen molar-refractivity contribution in [1.82, 2.24) is 14.4 Å². The van der Waals surface area contributed by atoms with Crippen LogP contribution in [0.1, 0.15) is 25.7 Å². The van der Waals surface area contributed by atoms with Gasteiger partial charge in [0.1, 0.15) is 5.75 Å². The SMILES string of the molecule is CN(C)CCCOc1ccc2c(=O)c3ccc(Cl)cc3n(CCN3CCCCC3)c2c1. The predicted molar refractivity (Wildman–Crippen MR) is 130 cm³/mol. The second kappa shape index (κ2) is 10.0. The van der Waals surface area contributed by atoms with Gasteiger partial charge in [0, 0.05) is 41.5 Å². The molecule has 0 spiro atoms. The highest BCUT2D eigenvalue weighted by molar-refractivity contribution is 6.31. The highest BCUT2D eigenvalue weighted by Gasteiger charge is 2.15. The highest BCUT2D eigenvalue weighted by atomic mass is 35.5. The van der Waals surface area contributed by atoms with Gasteiger partial charge in [0.2, 0.25) is 0 Å². The number of hydrogen-bond donors (Lipinski definition) is 0. The minimum absolute atomic E-state index is 0.0510. The monoisotopic (exact) mass is 441 g/mol. The number of rotatable bonds is 8. The second-order valence-electron chi connectivity index (χ2n) is 8.73. The molecule has 0 unspecified atom stereocenters. The first kappa shape index (κ1) is 22.1. The summed E-state index contributed by atoms with van der Waals surface area (Å²) in [5.74, 6) is 0.804. The zero-order valence-corrected chi connectivity index (χ0v) is 19.3. The fourth-order valence-corrected chi connectivity index (χ4v) is 4.61. The average molecular weight is 442 g/mol. The number of pyridine rings is 1. The summed E-state index contributed by atoms with van der Waals surface area (Å²) < 4.78 is 8.26. The molecule has 1 aliphatic heterocycles. The van der Waals surface area contributed by atoms with E-state index in [1.165, 1.54) is 19.3 Å². The van der Waals surface area contributed by atoms with E-state index in [4.69, 9.17) is 16.3 Å². The van der Waals surface area contributed by atoms with Gasteiger partial charge < -0.3 is 19.1 Å². The van der Waals surface area contributed by atoms with E-state index < -0.39 is 0 Å². The van der Waals surface area contributed by atoms with Crippen LogP contribution in [0.25, 0.3) is 21.8 Å². The second-order valence-corrected chi connectivity index (χ2v) is 9.17. The third-order valence-corrected chi connectivity index (χ3v) is 6.34. The predicted octanol–water partition coefficient (Wildman–Crippen LogP) is 4.62. The molecule has 0 radical (unpaired) electrons. The largest absolute Gasteiger partial charge is 0.493 e. The van der Waals surface area contributed by atoms with Crippen LogP contribution in [0.4, 0.5) is 0 Å². The standard InChI is InChI=1S/C25H32ClN3O2/c1-27(2)11-6-16-31-20-8-10-22-24(18-20)29(15-14-28-12-4-3-5-13-28)23-17-19(26)7-9-21(23)25(22)30/h7-10,17-18H,3-6,11-16H2,1-2H3. The quantitative estimate of drug-likeness (QED) is 0.377. The average Bonchev–Trinajstić information content (AvgIpc) is 2.77. The summed E-state index contributed by atoms with van der Waals surface area (Å²) in [7, 11) is 4.13. The summed E-state index contributed by atoms with van der Waals surface area (Å²) in [5.41, 5.74) is 1.86. The molecular weight excluding hydrogens is 410 g/mol. The zero-order valence-electron chi connectivity index (χ0n) is 18.6. The van der Waals surface area contributed by atoms with Crippen LogP contribution >= 0.6 is 11.6 Å². The smallest absolute Gasteiger partial charge is 0.197 e. The maximum absolute atomic E-state index is 13.2. The summed E-state index contributed by atoms with van der Waals surface area (Å²) in [4.78, 5) is 17.9. The van der Waals surface area contributed by atoms with Gasteiger partial charge in [-0.1, -0.05) is 18.0 Å². The van der Waals surface area contributed by atoms with Gasteiger partial charge in [-0.3, -0.25) is 4.79 Å². The Kier molecular flexibility index (Phi) is 7.16. The number of ether oxygens (including phenoxy) is 1. The van der Waals surface area contributed by atoms with Crippen LogP contribution in [0.5, 0.6) is 5.75 Å². The summed E-state index contributed by atoms with van der Waals surface area (Å²) in [6.45, 7) is 5.72. The third kappa shape index (κ3) is 5.22. The van der Waals surface area contributed by atoms with Gasteiger partial charge in [-0.2, -0.15) is 0 Å². The first-order valence-electron chi connectivity index (χ1n) is 11.3. The van der Waals surface area contributed by atoms with Crippen LogP contribution in [0.3, 0.4) is 0 Å². The van der Waals surface area contributed by atoms with Crippen molar-refractivity contribution in [1.29, 1.82) is 0 Å². The van der Waals surface area contributed by atoms with E-state index in [2.05, 4.69) is 28.5 Å². The van der Waals surface area contributed by atoms with Crippen molar-refractivity contribution < 1.29 is 4.74 Å². The Morgan fingerprint density at radius 1 is 0.968 bits per heavy atom. The topological polar surface area (TPSA) is 37.7 Å². The third-order valence-electron chi connectivity index (χ3n) is 6.11. The summed E-state index contributed by atoms with van der Waals surface area (Å²) in [5, 5.41) is 2.10. The van der Waals surface area contributed by atoms with Crippen LogP contribution in [-0.4, -0.2) is 61.2 Å². The van der Waals surface area contributed by atoms with E-state index in [0.29, 0.717) is 11.6 Å². The van der Waals surface area contributed by atoms with Crippen molar-refractivity contribution in [3.05, 3.63) is 51.6 Å². The molecular formula is C25H32ClN3O2. The lowest BCUT2D eigenvalue weighted by Crippen LogP contribution is -2.33. The molecule has 0 aliphatic carbocycles.